The summed E-state index contributed by atoms with van der Waals surface area (Å²) in [4.78, 5) is 42.7. The normalized spacial score (nSPS) is 20.1. The second kappa shape index (κ2) is 11.3. The second-order valence-corrected chi connectivity index (χ2v) is 11.2. The van der Waals surface area contributed by atoms with Crippen molar-refractivity contribution in [1.29, 1.82) is 0 Å². The number of carbonyl (C=O) groups is 3. The SMILES string of the molecule is COc1ccc(CN2C(=O)C(C)(c3cc(C(=O)N4CCCCC4C(=O)[O-])ccc3Cl)c3cc(Cl)ccc32)c(OC)c1. The topological polar surface area (TPSA) is 99.2 Å². The number of hydrogen-bond donors (Lipinski definition) is 0. The molecule has 214 valence electrons. The van der Waals surface area contributed by atoms with Crippen LogP contribution < -0.4 is 19.5 Å². The zero-order valence-electron chi connectivity index (χ0n) is 22.9. The van der Waals surface area contributed by atoms with Crippen molar-refractivity contribution < 1.29 is 29.0 Å². The Balaban J connectivity index is 1.58. The average molecular weight is 596 g/mol. The Bertz CT molecular complexity index is 1540. The molecule has 0 aliphatic carbocycles. The van der Waals surface area contributed by atoms with Crippen LogP contribution >= 0.6 is 23.2 Å². The van der Waals surface area contributed by atoms with Gasteiger partial charge in [0.15, 0.2) is 0 Å². The molecule has 2 unspecified atom stereocenters. The molecular weight excluding hydrogens is 567 g/mol. The van der Waals surface area contributed by atoms with Crippen LogP contribution in [-0.2, 0) is 21.5 Å². The van der Waals surface area contributed by atoms with E-state index in [0.29, 0.717) is 64.2 Å². The van der Waals surface area contributed by atoms with Gasteiger partial charge in [-0.25, -0.2) is 0 Å². The first-order valence-electron chi connectivity index (χ1n) is 13.2. The number of likely N-dealkylation sites (tertiary alicyclic amines) is 1. The molecule has 3 aromatic rings. The molecule has 2 atom stereocenters. The third kappa shape index (κ3) is 5.00. The van der Waals surface area contributed by atoms with Crippen molar-refractivity contribution in [1.82, 2.24) is 4.90 Å². The third-order valence-corrected chi connectivity index (χ3v) is 8.64. The van der Waals surface area contributed by atoms with Crippen molar-refractivity contribution in [2.75, 3.05) is 25.7 Å². The largest absolute Gasteiger partial charge is 0.548 e. The number of nitrogens with zero attached hydrogens (tertiary/aromatic N) is 2. The van der Waals surface area contributed by atoms with E-state index in [0.717, 1.165) is 5.56 Å². The molecule has 0 bridgehead atoms. The number of benzene rings is 3. The average Bonchev–Trinajstić information content (AvgIpc) is 3.18. The Morgan fingerprint density at radius 1 is 1.00 bits per heavy atom. The van der Waals surface area contributed by atoms with Gasteiger partial charge in [-0.3, -0.25) is 9.59 Å². The number of piperidine rings is 1. The van der Waals surface area contributed by atoms with Gasteiger partial charge in [0.05, 0.1) is 32.8 Å². The molecule has 2 aliphatic rings. The highest BCUT2D eigenvalue weighted by atomic mass is 35.5. The van der Waals surface area contributed by atoms with E-state index < -0.39 is 23.3 Å². The van der Waals surface area contributed by atoms with Crippen LogP contribution in [0.25, 0.3) is 0 Å². The Morgan fingerprint density at radius 3 is 2.49 bits per heavy atom. The van der Waals surface area contributed by atoms with Crippen molar-refractivity contribution in [3.63, 3.8) is 0 Å². The number of methoxy groups -OCH3 is 2. The molecule has 8 nitrogen and oxygen atoms in total. The summed E-state index contributed by atoms with van der Waals surface area (Å²) in [6.07, 6.45) is 1.73. The van der Waals surface area contributed by atoms with E-state index in [-0.39, 0.29) is 18.0 Å². The van der Waals surface area contributed by atoms with E-state index in [1.165, 1.54) is 4.90 Å². The number of carboxylic acid groups (broad SMARTS) is 1. The lowest BCUT2D eigenvalue weighted by atomic mass is 9.76. The quantitative estimate of drug-likeness (QED) is 0.395. The molecule has 0 aromatic heterocycles. The standard InChI is InChI=1S/C31H30Cl2N2O6/c1-31(22-14-18(8-11-24(22)33)28(36)34-13-5-4-6-26(34)29(37)38)23-15-20(32)9-12-25(23)35(30(31)39)17-19-7-10-21(40-2)16-27(19)41-3/h7-12,14-16,26H,4-6,13,17H2,1-3H3,(H,37,38)/p-1. The molecule has 2 amide bonds. The molecule has 2 aliphatic heterocycles. The monoisotopic (exact) mass is 595 g/mol. The molecule has 3 aromatic carbocycles. The van der Waals surface area contributed by atoms with Crippen LogP contribution in [0, 0.1) is 0 Å². The zero-order valence-corrected chi connectivity index (χ0v) is 24.4. The number of ether oxygens (including phenoxy) is 2. The lowest BCUT2D eigenvalue weighted by molar-refractivity contribution is -0.311. The summed E-state index contributed by atoms with van der Waals surface area (Å²) in [7, 11) is 3.12. The maximum absolute atomic E-state index is 14.4. The number of rotatable bonds is 7. The minimum Gasteiger partial charge on any atom is -0.548 e. The smallest absolute Gasteiger partial charge is 0.254 e. The number of amides is 2. The molecule has 1 saturated heterocycles. The third-order valence-electron chi connectivity index (χ3n) is 8.07. The van der Waals surface area contributed by atoms with E-state index in [1.54, 1.807) is 74.6 Å². The molecule has 10 heteroatoms. The minimum absolute atomic E-state index is 0.202. The van der Waals surface area contributed by atoms with Gasteiger partial charge in [-0.1, -0.05) is 23.2 Å². The Hall–Kier alpha value is -3.75. The molecule has 0 saturated carbocycles. The Kier molecular flexibility index (Phi) is 7.90. The summed E-state index contributed by atoms with van der Waals surface area (Å²) in [5.41, 5.74) is 1.43. The van der Waals surface area contributed by atoms with Crippen LogP contribution in [-0.4, -0.2) is 49.5 Å². The predicted molar refractivity (Wildman–Crippen MR) is 154 cm³/mol. The summed E-state index contributed by atoms with van der Waals surface area (Å²) in [6, 6.07) is 14.3. The summed E-state index contributed by atoms with van der Waals surface area (Å²) < 4.78 is 10.9. The van der Waals surface area contributed by atoms with Gasteiger partial charge in [0.1, 0.15) is 16.9 Å². The predicted octanol–water partition coefficient (Wildman–Crippen LogP) is 4.61. The van der Waals surface area contributed by atoms with Gasteiger partial charge in [-0.05, 0) is 85.8 Å². The zero-order chi connectivity index (χ0) is 29.5. The maximum Gasteiger partial charge on any atom is 0.254 e. The van der Waals surface area contributed by atoms with Crippen LogP contribution in [0.4, 0.5) is 5.69 Å². The number of fused-ring (bicyclic) bond motifs is 1. The number of hydrogen-bond acceptors (Lipinski definition) is 6. The molecular formula is C31H29Cl2N2O6-. The van der Waals surface area contributed by atoms with E-state index >= 15 is 0 Å². The first kappa shape index (κ1) is 28.8. The summed E-state index contributed by atoms with van der Waals surface area (Å²) in [6.45, 7) is 2.27. The second-order valence-electron chi connectivity index (χ2n) is 10.4. The van der Waals surface area contributed by atoms with E-state index in [4.69, 9.17) is 32.7 Å². The number of carboxylic acids is 1. The van der Waals surface area contributed by atoms with Crippen LogP contribution in [0.3, 0.4) is 0 Å². The van der Waals surface area contributed by atoms with Crippen molar-refractivity contribution in [2.24, 2.45) is 0 Å². The fraction of sp³-hybridized carbons (Fsp3) is 0.323. The number of carbonyl (C=O) groups excluding carboxylic acids is 3. The van der Waals surface area contributed by atoms with Crippen molar-refractivity contribution in [2.45, 2.75) is 44.2 Å². The van der Waals surface area contributed by atoms with Crippen LogP contribution in [0.1, 0.15) is 53.2 Å². The molecule has 0 N–H and O–H groups in total. The van der Waals surface area contributed by atoms with Gasteiger partial charge >= 0.3 is 0 Å². The minimum atomic E-state index is -1.29. The number of halogens is 2. The Morgan fingerprint density at radius 2 is 1.78 bits per heavy atom. The van der Waals surface area contributed by atoms with Gasteiger partial charge in [-0.15, -0.1) is 0 Å². The summed E-state index contributed by atoms with van der Waals surface area (Å²) in [5.74, 6) is -0.797. The molecule has 5 rings (SSSR count). The highest BCUT2D eigenvalue weighted by Crippen LogP contribution is 2.49. The number of anilines is 1. The fourth-order valence-corrected chi connectivity index (χ4v) is 6.31. The molecule has 2 heterocycles. The van der Waals surface area contributed by atoms with Gasteiger partial charge in [0, 0.05) is 39.5 Å². The van der Waals surface area contributed by atoms with Gasteiger partial charge in [-0.2, -0.15) is 0 Å². The van der Waals surface area contributed by atoms with Crippen molar-refractivity contribution in [3.05, 3.63) is 86.9 Å². The van der Waals surface area contributed by atoms with E-state index in [9.17, 15) is 19.5 Å². The van der Waals surface area contributed by atoms with Crippen molar-refractivity contribution >= 4 is 46.7 Å². The highest BCUT2D eigenvalue weighted by Gasteiger charge is 2.50. The maximum atomic E-state index is 14.4. The fourth-order valence-electron chi connectivity index (χ4n) is 5.84. The first-order valence-corrected chi connectivity index (χ1v) is 14.0. The van der Waals surface area contributed by atoms with Gasteiger partial charge in [0.25, 0.3) is 5.91 Å². The Labute approximate surface area is 248 Å². The highest BCUT2D eigenvalue weighted by molar-refractivity contribution is 6.33. The van der Waals surface area contributed by atoms with Crippen LogP contribution in [0.15, 0.2) is 54.6 Å². The van der Waals surface area contributed by atoms with Gasteiger partial charge in [0.2, 0.25) is 5.91 Å². The summed E-state index contributed by atoms with van der Waals surface area (Å²) >= 11 is 13.2. The molecule has 1 fully saturated rings. The van der Waals surface area contributed by atoms with Gasteiger partial charge < -0.3 is 29.2 Å². The van der Waals surface area contributed by atoms with E-state index in [1.807, 2.05) is 6.07 Å². The first-order chi connectivity index (χ1) is 19.6. The van der Waals surface area contributed by atoms with Crippen LogP contribution in [0.2, 0.25) is 10.0 Å². The van der Waals surface area contributed by atoms with Crippen molar-refractivity contribution in [3.8, 4) is 11.5 Å². The molecule has 41 heavy (non-hydrogen) atoms. The summed E-state index contributed by atoms with van der Waals surface area (Å²) in [5, 5.41) is 12.5. The molecule has 0 radical (unpaired) electrons. The number of aliphatic carboxylic acids is 1. The molecule has 0 spiro atoms. The van der Waals surface area contributed by atoms with Crippen LogP contribution in [0.5, 0.6) is 11.5 Å². The van der Waals surface area contributed by atoms with E-state index in [2.05, 4.69) is 0 Å². The lowest BCUT2D eigenvalue weighted by Gasteiger charge is -2.36. The lowest BCUT2D eigenvalue weighted by Crippen LogP contribution is -2.52.